The third-order valence-electron chi connectivity index (χ3n) is 2.41. The molecule has 0 radical (unpaired) electrons. The summed E-state index contributed by atoms with van der Waals surface area (Å²) in [5.74, 6) is 6.01. The lowest BCUT2D eigenvalue weighted by molar-refractivity contribution is 0.0628. The minimum atomic E-state index is 0.297. The number of thiophene rings is 1. The van der Waals surface area contributed by atoms with Crippen LogP contribution in [0.2, 0.25) is 0 Å². The van der Waals surface area contributed by atoms with E-state index in [9.17, 15) is 0 Å². The summed E-state index contributed by atoms with van der Waals surface area (Å²) in [5.41, 5.74) is 6.49. The molecule has 0 saturated heterocycles. The first-order chi connectivity index (χ1) is 8.63. The van der Waals surface area contributed by atoms with Crippen LogP contribution in [-0.2, 0) is 11.3 Å². The average molecular weight is 266 g/mol. The van der Waals surface area contributed by atoms with Crippen molar-refractivity contribution < 1.29 is 4.74 Å². The maximum Gasteiger partial charge on any atom is 0.0596 e. The van der Waals surface area contributed by atoms with Crippen molar-refractivity contribution in [1.29, 1.82) is 0 Å². The van der Waals surface area contributed by atoms with Crippen molar-refractivity contribution in [3.8, 4) is 11.8 Å². The predicted molar refractivity (Wildman–Crippen MR) is 77.7 cm³/mol. The first-order valence-electron chi connectivity index (χ1n) is 6.19. The van der Waals surface area contributed by atoms with Crippen LogP contribution in [0.3, 0.4) is 0 Å². The Kier molecular flexibility index (Phi) is 6.99. The number of nitrogens with two attached hydrogens (primary N) is 1. The SMILES string of the molecule is CC(C)OCCN(C)Cc1sccc1C#CCN. The summed E-state index contributed by atoms with van der Waals surface area (Å²) in [6.07, 6.45) is 0.297. The molecule has 0 aliphatic heterocycles. The number of rotatable bonds is 6. The molecule has 0 unspecified atom stereocenters. The second-order valence-corrected chi connectivity index (χ2v) is 5.42. The van der Waals surface area contributed by atoms with Crippen LogP contribution < -0.4 is 5.73 Å². The molecule has 100 valence electrons. The molecule has 1 aromatic rings. The van der Waals surface area contributed by atoms with Gasteiger partial charge in [-0.05, 0) is 32.3 Å². The Bertz CT molecular complexity index is 403. The third-order valence-corrected chi connectivity index (χ3v) is 3.31. The molecule has 0 aliphatic rings. The highest BCUT2D eigenvalue weighted by atomic mass is 32.1. The Morgan fingerprint density at radius 1 is 1.50 bits per heavy atom. The molecule has 0 fully saturated rings. The van der Waals surface area contributed by atoms with E-state index in [0.29, 0.717) is 12.6 Å². The number of hydrogen-bond donors (Lipinski definition) is 1. The smallest absolute Gasteiger partial charge is 0.0596 e. The highest BCUT2D eigenvalue weighted by Gasteiger charge is 2.06. The van der Waals surface area contributed by atoms with Crippen molar-refractivity contribution in [2.75, 3.05) is 26.7 Å². The molecular formula is C14H22N2OS. The third kappa shape index (κ3) is 5.65. The van der Waals surface area contributed by atoms with E-state index in [1.807, 2.05) is 0 Å². The van der Waals surface area contributed by atoms with Gasteiger partial charge in [-0.3, -0.25) is 4.90 Å². The molecule has 0 saturated carbocycles. The first-order valence-corrected chi connectivity index (χ1v) is 7.07. The van der Waals surface area contributed by atoms with Crippen LogP contribution in [-0.4, -0.2) is 37.7 Å². The van der Waals surface area contributed by atoms with Gasteiger partial charge in [0, 0.05) is 23.5 Å². The van der Waals surface area contributed by atoms with Crippen LogP contribution in [0, 0.1) is 11.8 Å². The van der Waals surface area contributed by atoms with Gasteiger partial charge in [-0.25, -0.2) is 0 Å². The Balaban J connectivity index is 2.44. The minimum Gasteiger partial charge on any atom is -0.377 e. The van der Waals surface area contributed by atoms with Gasteiger partial charge in [0.05, 0.1) is 19.3 Å². The summed E-state index contributed by atoms with van der Waals surface area (Å²) in [6.45, 7) is 7.13. The summed E-state index contributed by atoms with van der Waals surface area (Å²) < 4.78 is 5.54. The molecule has 0 bridgehead atoms. The maximum absolute atomic E-state index is 5.54. The highest BCUT2D eigenvalue weighted by molar-refractivity contribution is 7.10. The van der Waals surface area contributed by atoms with E-state index in [2.05, 4.69) is 49.1 Å². The van der Waals surface area contributed by atoms with Gasteiger partial charge in [0.1, 0.15) is 0 Å². The van der Waals surface area contributed by atoms with E-state index in [4.69, 9.17) is 10.5 Å². The van der Waals surface area contributed by atoms with Gasteiger partial charge >= 0.3 is 0 Å². The van der Waals surface area contributed by atoms with Gasteiger partial charge in [-0.2, -0.15) is 0 Å². The van der Waals surface area contributed by atoms with Gasteiger partial charge in [-0.1, -0.05) is 11.8 Å². The Morgan fingerprint density at radius 2 is 2.28 bits per heavy atom. The lowest BCUT2D eigenvalue weighted by Crippen LogP contribution is -2.23. The normalized spacial score (nSPS) is 10.8. The number of hydrogen-bond acceptors (Lipinski definition) is 4. The topological polar surface area (TPSA) is 38.5 Å². The molecule has 18 heavy (non-hydrogen) atoms. The number of ether oxygens (including phenoxy) is 1. The van der Waals surface area contributed by atoms with E-state index in [-0.39, 0.29) is 0 Å². The number of nitrogens with zero attached hydrogens (tertiary/aromatic N) is 1. The van der Waals surface area contributed by atoms with Crippen molar-refractivity contribution in [2.24, 2.45) is 5.73 Å². The van der Waals surface area contributed by atoms with E-state index >= 15 is 0 Å². The minimum absolute atomic E-state index is 0.297. The molecule has 4 heteroatoms. The summed E-state index contributed by atoms with van der Waals surface area (Å²) >= 11 is 1.74. The van der Waals surface area contributed by atoms with Crippen molar-refractivity contribution in [1.82, 2.24) is 4.90 Å². The Morgan fingerprint density at radius 3 is 2.94 bits per heavy atom. The summed E-state index contributed by atoms with van der Waals surface area (Å²) in [5, 5.41) is 2.08. The van der Waals surface area contributed by atoms with Gasteiger partial charge in [0.25, 0.3) is 0 Å². The lowest BCUT2D eigenvalue weighted by atomic mass is 10.2. The van der Waals surface area contributed by atoms with E-state index in [1.165, 1.54) is 4.88 Å². The zero-order valence-electron chi connectivity index (χ0n) is 11.4. The molecule has 0 aromatic carbocycles. The fourth-order valence-electron chi connectivity index (χ4n) is 1.49. The summed E-state index contributed by atoms with van der Waals surface area (Å²) in [6, 6.07) is 2.06. The second-order valence-electron chi connectivity index (χ2n) is 4.42. The van der Waals surface area contributed by atoms with Crippen molar-refractivity contribution in [3.05, 3.63) is 21.9 Å². The molecule has 0 amide bonds. The lowest BCUT2D eigenvalue weighted by Gasteiger charge is -2.17. The van der Waals surface area contributed by atoms with E-state index in [0.717, 1.165) is 25.3 Å². The molecule has 0 spiro atoms. The van der Waals surface area contributed by atoms with Crippen molar-refractivity contribution in [2.45, 2.75) is 26.5 Å². The first kappa shape index (κ1) is 15.2. The van der Waals surface area contributed by atoms with Crippen LogP contribution in [0.4, 0.5) is 0 Å². The standard InChI is InChI=1S/C14H22N2OS/c1-12(2)17-9-8-16(3)11-14-13(5-4-7-15)6-10-18-14/h6,10,12H,7-9,11,15H2,1-3H3. The fraction of sp³-hybridized carbons (Fsp3) is 0.571. The molecule has 1 aromatic heterocycles. The van der Waals surface area contributed by atoms with Gasteiger partial charge in [0.15, 0.2) is 0 Å². The molecule has 1 rings (SSSR count). The predicted octanol–water partition coefficient (Wildman–Crippen LogP) is 1.92. The largest absolute Gasteiger partial charge is 0.377 e. The fourth-order valence-corrected chi connectivity index (χ4v) is 2.40. The zero-order chi connectivity index (χ0) is 13.4. The summed E-state index contributed by atoms with van der Waals surface area (Å²) in [4.78, 5) is 3.55. The molecule has 2 N–H and O–H groups in total. The van der Waals surface area contributed by atoms with Crippen molar-refractivity contribution >= 4 is 11.3 Å². The molecule has 1 heterocycles. The van der Waals surface area contributed by atoms with E-state index < -0.39 is 0 Å². The van der Waals surface area contributed by atoms with Crippen LogP contribution in [0.15, 0.2) is 11.4 Å². The zero-order valence-corrected chi connectivity index (χ0v) is 12.2. The highest BCUT2D eigenvalue weighted by Crippen LogP contribution is 2.17. The van der Waals surface area contributed by atoms with Gasteiger partial charge in [-0.15, -0.1) is 11.3 Å². The summed E-state index contributed by atoms with van der Waals surface area (Å²) in [7, 11) is 2.10. The molecule has 3 nitrogen and oxygen atoms in total. The van der Waals surface area contributed by atoms with Crippen LogP contribution in [0.5, 0.6) is 0 Å². The van der Waals surface area contributed by atoms with Crippen LogP contribution in [0.1, 0.15) is 24.3 Å². The molecule has 0 aliphatic carbocycles. The second kappa shape index (κ2) is 8.28. The number of likely N-dealkylation sites (N-methyl/N-ethyl adjacent to an activating group) is 1. The van der Waals surface area contributed by atoms with Crippen LogP contribution >= 0.6 is 11.3 Å². The average Bonchev–Trinajstić information content (AvgIpc) is 2.73. The quantitative estimate of drug-likeness (QED) is 0.799. The van der Waals surface area contributed by atoms with Crippen molar-refractivity contribution in [3.63, 3.8) is 0 Å². The van der Waals surface area contributed by atoms with Crippen LogP contribution in [0.25, 0.3) is 0 Å². The molecular weight excluding hydrogens is 244 g/mol. The Hall–Kier alpha value is -0.860. The van der Waals surface area contributed by atoms with Gasteiger partial charge < -0.3 is 10.5 Å². The Labute approximate surface area is 114 Å². The van der Waals surface area contributed by atoms with Gasteiger partial charge in [0.2, 0.25) is 0 Å². The maximum atomic E-state index is 5.54. The molecule has 0 atom stereocenters. The van der Waals surface area contributed by atoms with E-state index in [1.54, 1.807) is 11.3 Å². The monoisotopic (exact) mass is 266 g/mol.